The van der Waals surface area contributed by atoms with E-state index in [-0.39, 0.29) is 17.8 Å². The van der Waals surface area contributed by atoms with Crippen molar-refractivity contribution in [1.29, 1.82) is 0 Å². The average molecular weight is 273 g/mol. The fourth-order valence-electron chi connectivity index (χ4n) is 1.98. The first-order chi connectivity index (χ1) is 9.45. The highest BCUT2D eigenvalue weighted by atomic mass is 19.1. The molecule has 2 rings (SSSR count). The lowest BCUT2D eigenvalue weighted by Gasteiger charge is -2.16. The Balaban J connectivity index is 2.18. The number of rotatable bonds is 4. The largest absolute Gasteiger partial charge is 0.363 e. The number of benzene rings is 1. The van der Waals surface area contributed by atoms with E-state index in [9.17, 15) is 4.39 Å². The summed E-state index contributed by atoms with van der Waals surface area (Å²) in [6, 6.07) is 8.49. The molecule has 1 aromatic heterocycles. The van der Waals surface area contributed by atoms with Crippen LogP contribution in [0.4, 0.5) is 10.2 Å². The molecule has 0 fully saturated rings. The van der Waals surface area contributed by atoms with Crippen molar-refractivity contribution in [3.63, 3.8) is 0 Å². The van der Waals surface area contributed by atoms with Crippen molar-refractivity contribution in [2.75, 3.05) is 5.32 Å². The summed E-state index contributed by atoms with van der Waals surface area (Å²) >= 11 is 0. The van der Waals surface area contributed by atoms with Gasteiger partial charge in [0.15, 0.2) is 0 Å². The summed E-state index contributed by atoms with van der Waals surface area (Å²) in [5, 5.41) is 3.34. The Kier molecular flexibility index (Phi) is 4.32. The standard InChI is InChI=1S/C16H20FN3/c1-10(2)16-18-11(3)9-15(20-16)19-12(4)13-5-7-14(17)8-6-13/h5-10,12H,1-4H3,(H,18,19,20). The minimum absolute atomic E-state index is 0.0601. The molecule has 4 heteroatoms. The summed E-state index contributed by atoms with van der Waals surface area (Å²) in [6.07, 6.45) is 0. The van der Waals surface area contributed by atoms with Crippen LogP contribution in [0.1, 0.15) is 49.8 Å². The van der Waals surface area contributed by atoms with Crippen molar-refractivity contribution >= 4 is 5.82 Å². The molecule has 0 aliphatic rings. The summed E-state index contributed by atoms with van der Waals surface area (Å²) in [5.74, 6) is 1.70. The fraction of sp³-hybridized carbons (Fsp3) is 0.375. The van der Waals surface area contributed by atoms with Crippen LogP contribution in [0, 0.1) is 12.7 Å². The van der Waals surface area contributed by atoms with E-state index in [1.807, 2.05) is 19.9 Å². The molecule has 0 spiro atoms. The minimum Gasteiger partial charge on any atom is -0.363 e. The number of anilines is 1. The zero-order valence-corrected chi connectivity index (χ0v) is 12.3. The summed E-state index contributed by atoms with van der Waals surface area (Å²) in [7, 11) is 0. The molecule has 0 amide bonds. The molecule has 0 aliphatic carbocycles. The van der Waals surface area contributed by atoms with Crippen molar-refractivity contribution in [2.24, 2.45) is 0 Å². The van der Waals surface area contributed by atoms with Crippen LogP contribution in [0.15, 0.2) is 30.3 Å². The maximum atomic E-state index is 12.9. The van der Waals surface area contributed by atoms with Gasteiger partial charge in [0, 0.05) is 23.7 Å². The average Bonchev–Trinajstić information content (AvgIpc) is 2.38. The van der Waals surface area contributed by atoms with Crippen molar-refractivity contribution in [1.82, 2.24) is 9.97 Å². The highest BCUT2D eigenvalue weighted by Crippen LogP contribution is 2.20. The highest BCUT2D eigenvalue weighted by Gasteiger charge is 2.10. The van der Waals surface area contributed by atoms with Crippen LogP contribution in [0.5, 0.6) is 0 Å². The molecule has 106 valence electrons. The Labute approximate surface area is 119 Å². The lowest BCUT2D eigenvalue weighted by atomic mass is 10.1. The van der Waals surface area contributed by atoms with E-state index in [2.05, 4.69) is 29.1 Å². The number of hydrogen-bond acceptors (Lipinski definition) is 3. The van der Waals surface area contributed by atoms with E-state index in [0.717, 1.165) is 22.9 Å². The van der Waals surface area contributed by atoms with Gasteiger partial charge in [-0.15, -0.1) is 0 Å². The van der Waals surface area contributed by atoms with Crippen LogP contribution in [0.3, 0.4) is 0 Å². The number of halogens is 1. The third kappa shape index (κ3) is 3.53. The summed E-state index contributed by atoms with van der Waals surface area (Å²) < 4.78 is 12.9. The van der Waals surface area contributed by atoms with Crippen LogP contribution in [-0.4, -0.2) is 9.97 Å². The van der Waals surface area contributed by atoms with E-state index in [1.54, 1.807) is 12.1 Å². The van der Waals surface area contributed by atoms with E-state index >= 15 is 0 Å². The van der Waals surface area contributed by atoms with E-state index in [0.29, 0.717) is 0 Å². The summed E-state index contributed by atoms with van der Waals surface area (Å²) in [6.45, 7) is 8.13. The normalized spacial score (nSPS) is 12.5. The van der Waals surface area contributed by atoms with Gasteiger partial charge in [-0.25, -0.2) is 14.4 Å². The molecule has 1 N–H and O–H groups in total. The van der Waals surface area contributed by atoms with Crippen LogP contribution in [-0.2, 0) is 0 Å². The molecule has 1 atom stereocenters. The number of aryl methyl sites for hydroxylation is 1. The van der Waals surface area contributed by atoms with E-state index in [4.69, 9.17) is 0 Å². The Bertz CT molecular complexity index is 579. The topological polar surface area (TPSA) is 37.8 Å². The first kappa shape index (κ1) is 14.4. The summed E-state index contributed by atoms with van der Waals surface area (Å²) in [5.41, 5.74) is 1.96. The first-order valence-corrected chi connectivity index (χ1v) is 6.83. The quantitative estimate of drug-likeness (QED) is 0.906. The van der Waals surface area contributed by atoms with Crippen LogP contribution >= 0.6 is 0 Å². The fourth-order valence-corrected chi connectivity index (χ4v) is 1.98. The second kappa shape index (κ2) is 5.99. The summed E-state index contributed by atoms with van der Waals surface area (Å²) in [4.78, 5) is 8.94. The van der Waals surface area contributed by atoms with Gasteiger partial charge < -0.3 is 5.32 Å². The monoisotopic (exact) mass is 273 g/mol. The lowest BCUT2D eigenvalue weighted by molar-refractivity contribution is 0.626. The van der Waals surface area contributed by atoms with Gasteiger partial charge in [0.25, 0.3) is 0 Å². The second-order valence-corrected chi connectivity index (χ2v) is 5.33. The molecular weight excluding hydrogens is 253 g/mol. The van der Waals surface area contributed by atoms with Crippen molar-refractivity contribution in [3.8, 4) is 0 Å². The lowest BCUT2D eigenvalue weighted by Crippen LogP contribution is -2.10. The predicted octanol–water partition coefficient (Wildman–Crippen LogP) is 4.22. The minimum atomic E-state index is -0.221. The van der Waals surface area contributed by atoms with Gasteiger partial charge in [-0.05, 0) is 31.5 Å². The zero-order valence-electron chi connectivity index (χ0n) is 12.3. The van der Waals surface area contributed by atoms with E-state index < -0.39 is 0 Å². The number of nitrogens with one attached hydrogen (secondary N) is 1. The van der Waals surface area contributed by atoms with Crippen molar-refractivity contribution in [3.05, 3.63) is 53.2 Å². The molecule has 0 saturated heterocycles. The molecule has 1 heterocycles. The highest BCUT2D eigenvalue weighted by molar-refractivity contribution is 5.39. The number of nitrogens with zero attached hydrogens (tertiary/aromatic N) is 2. The maximum Gasteiger partial charge on any atom is 0.133 e. The van der Waals surface area contributed by atoms with Gasteiger partial charge in [0.05, 0.1) is 0 Å². The molecule has 0 saturated carbocycles. The second-order valence-electron chi connectivity index (χ2n) is 5.33. The van der Waals surface area contributed by atoms with Gasteiger partial charge in [-0.3, -0.25) is 0 Å². The predicted molar refractivity (Wildman–Crippen MR) is 79.3 cm³/mol. The maximum absolute atomic E-state index is 12.9. The third-order valence-electron chi connectivity index (χ3n) is 3.12. The third-order valence-corrected chi connectivity index (χ3v) is 3.12. The molecular formula is C16H20FN3. The Hall–Kier alpha value is -1.97. The van der Waals surface area contributed by atoms with Gasteiger partial charge in [0.2, 0.25) is 0 Å². The number of aromatic nitrogens is 2. The Morgan fingerprint density at radius 3 is 2.30 bits per heavy atom. The van der Waals surface area contributed by atoms with Gasteiger partial charge in [0.1, 0.15) is 17.5 Å². The SMILES string of the molecule is Cc1cc(NC(C)c2ccc(F)cc2)nc(C(C)C)n1. The Morgan fingerprint density at radius 1 is 1.05 bits per heavy atom. The van der Waals surface area contributed by atoms with Crippen LogP contribution in [0.2, 0.25) is 0 Å². The number of hydrogen-bond donors (Lipinski definition) is 1. The van der Waals surface area contributed by atoms with Crippen LogP contribution in [0.25, 0.3) is 0 Å². The van der Waals surface area contributed by atoms with Crippen molar-refractivity contribution in [2.45, 2.75) is 39.7 Å². The molecule has 3 nitrogen and oxygen atoms in total. The molecule has 0 aliphatic heterocycles. The first-order valence-electron chi connectivity index (χ1n) is 6.83. The smallest absolute Gasteiger partial charge is 0.133 e. The molecule has 0 bridgehead atoms. The molecule has 20 heavy (non-hydrogen) atoms. The molecule has 2 aromatic rings. The van der Waals surface area contributed by atoms with Crippen molar-refractivity contribution < 1.29 is 4.39 Å². The zero-order chi connectivity index (χ0) is 14.7. The Morgan fingerprint density at radius 2 is 1.70 bits per heavy atom. The molecule has 1 unspecified atom stereocenters. The van der Waals surface area contributed by atoms with Crippen LogP contribution < -0.4 is 5.32 Å². The van der Waals surface area contributed by atoms with Gasteiger partial charge >= 0.3 is 0 Å². The van der Waals surface area contributed by atoms with Gasteiger partial charge in [-0.1, -0.05) is 26.0 Å². The molecule has 0 radical (unpaired) electrons. The molecule has 1 aromatic carbocycles. The van der Waals surface area contributed by atoms with Gasteiger partial charge in [-0.2, -0.15) is 0 Å². The van der Waals surface area contributed by atoms with E-state index in [1.165, 1.54) is 12.1 Å².